The highest BCUT2D eigenvalue weighted by Gasteiger charge is 2.12. The minimum Gasteiger partial charge on any atom is -0.508 e. The predicted octanol–water partition coefficient (Wildman–Crippen LogP) is 2.38. The van der Waals surface area contributed by atoms with Crippen molar-refractivity contribution in [2.75, 3.05) is 13.1 Å². The fraction of sp³-hybridized carbons (Fsp3) is 0.294. The molecule has 1 heterocycles. The average Bonchev–Trinajstić information content (AvgIpc) is 2.64. The van der Waals surface area contributed by atoms with Gasteiger partial charge in [0.2, 0.25) is 0 Å². The van der Waals surface area contributed by atoms with E-state index in [2.05, 4.69) is 11.4 Å². The Morgan fingerprint density at radius 1 is 0.950 bits per heavy atom. The second-order valence-corrected chi connectivity index (χ2v) is 5.35. The first-order valence-corrected chi connectivity index (χ1v) is 7.04. The number of rotatable bonds is 2. The van der Waals surface area contributed by atoms with Gasteiger partial charge in [-0.2, -0.15) is 0 Å². The summed E-state index contributed by atoms with van der Waals surface area (Å²) in [5, 5.41) is 23.1. The molecule has 1 aliphatic rings. The molecule has 0 bridgehead atoms. The van der Waals surface area contributed by atoms with E-state index in [0.29, 0.717) is 12.2 Å². The quantitative estimate of drug-likeness (QED) is 0.784. The van der Waals surface area contributed by atoms with Crippen molar-refractivity contribution in [2.45, 2.75) is 19.3 Å². The van der Waals surface area contributed by atoms with Gasteiger partial charge in [-0.3, -0.25) is 0 Å². The van der Waals surface area contributed by atoms with Crippen molar-refractivity contribution in [3.63, 3.8) is 0 Å². The number of phenolic OH excluding ortho intramolecular Hbond substituents is 2. The zero-order valence-corrected chi connectivity index (χ0v) is 11.4. The molecule has 2 aromatic carbocycles. The summed E-state index contributed by atoms with van der Waals surface area (Å²) in [6.07, 6.45) is 2.61. The summed E-state index contributed by atoms with van der Waals surface area (Å²) < 4.78 is 0. The van der Waals surface area contributed by atoms with Crippen LogP contribution in [0.15, 0.2) is 36.4 Å². The van der Waals surface area contributed by atoms with Crippen LogP contribution in [-0.4, -0.2) is 23.3 Å². The smallest absolute Gasteiger partial charge is 0.119 e. The minimum absolute atomic E-state index is 0.265. The molecule has 0 spiro atoms. The number of phenols is 2. The summed E-state index contributed by atoms with van der Waals surface area (Å²) in [7, 11) is 0. The Bertz CT molecular complexity index is 622. The molecule has 104 valence electrons. The van der Waals surface area contributed by atoms with Crippen LogP contribution in [0.4, 0.5) is 0 Å². The van der Waals surface area contributed by atoms with Gasteiger partial charge in [-0.1, -0.05) is 18.2 Å². The molecule has 0 saturated heterocycles. The normalized spacial score (nSPS) is 14.6. The number of fused-ring (bicyclic) bond motifs is 1. The van der Waals surface area contributed by atoms with Crippen molar-refractivity contribution in [1.29, 1.82) is 0 Å². The molecule has 0 unspecified atom stereocenters. The summed E-state index contributed by atoms with van der Waals surface area (Å²) in [5.41, 5.74) is 4.50. The van der Waals surface area contributed by atoms with Gasteiger partial charge in [0.05, 0.1) is 0 Å². The van der Waals surface area contributed by atoms with Crippen LogP contribution in [0, 0.1) is 0 Å². The van der Waals surface area contributed by atoms with E-state index in [1.54, 1.807) is 12.1 Å². The van der Waals surface area contributed by atoms with Crippen LogP contribution in [-0.2, 0) is 19.3 Å². The minimum atomic E-state index is 0.265. The molecule has 0 radical (unpaired) electrons. The van der Waals surface area contributed by atoms with Crippen LogP contribution in [0.25, 0.3) is 0 Å². The Hall–Kier alpha value is -2.00. The Morgan fingerprint density at radius 3 is 2.45 bits per heavy atom. The summed E-state index contributed by atoms with van der Waals surface area (Å²) in [5.74, 6) is 0.620. The Kier molecular flexibility index (Phi) is 3.61. The van der Waals surface area contributed by atoms with E-state index in [4.69, 9.17) is 0 Å². The lowest BCUT2D eigenvalue weighted by Gasteiger charge is -2.11. The molecule has 0 atom stereocenters. The highest BCUT2D eigenvalue weighted by atomic mass is 16.3. The third-order valence-corrected chi connectivity index (χ3v) is 3.85. The lowest BCUT2D eigenvalue weighted by Crippen LogP contribution is -2.16. The van der Waals surface area contributed by atoms with E-state index in [1.165, 1.54) is 11.1 Å². The largest absolute Gasteiger partial charge is 0.508 e. The topological polar surface area (TPSA) is 52.5 Å². The molecule has 2 aromatic rings. The molecule has 3 rings (SSSR count). The van der Waals surface area contributed by atoms with Crippen molar-refractivity contribution in [2.24, 2.45) is 0 Å². The molecule has 0 saturated carbocycles. The SMILES string of the molecule is Oc1cccc(Cc2cc3c(cc2O)CCNCC3)c1. The Balaban J connectivity index is 1.91. The van der Waals surface area contributed by atoms with Gasteiger partial charge in [-0.25, -0.2) is 0 Å². The average molecular weight is 269 g/mol. The van der Waals surface area contributed by atoms with Crippen LogP contribution in [0.5, 0.6) is 11.5 Å². The van der Waals surface area contributed by atoms with Gasteiger partial charge in [-0.05, 0) is 66.4 Å². The molecule has 3 N–H and O–H groups in total. The van der Waals surface area contributed by atoms with E-state index in [0.717, 1.165) is 37.1 Å². The van der Waals surface area contributed by atoms with Gasteiger partial charge >= 0.3 is 0 Å². The molecular formula is C17H19NO2. The molecule has 20 heavy (non-hydrogen) atoms. The maximum atomic E-state index is 10.2. The molecule has 0 aromatic heterocycles. The van der Waals surface area contributed by atoms with Gasteiger partial charge < -0.3 is 15.5 Å². The van der Waals surface area contributed by atoms with Crippen LogP contribution >= 0.6 is 0 Å². The predicted molar refractivity (Wildman–Crippen MR) is 79.3 cm³/mol. The van der Waals surface area contributed by atoms with E-state index in [1.807, 2.05) is 18.2 Å². The highest BCUT2D eigenvalue weighted by Crippen LogP contribution is 2.27. The van der Waals surface area contributed by atoms with Crippen molar-refractivity contribution in [3.8, 4) is 11.5 Å². The van der Waals surface area contributed by atoms with E-state index < -0.39 is 0 Å². The van der Waals surface area contributed by atoms with Gasteiger partial charge in [0.15, 0.2) is 0 Å². The second kappa shape index (κ2) is 5.55. The van der Waals surface area contributed by atoms with Crippen LogP contribution in [0.3, 0.4) is 0 Å². The van der Waals surface area contributed by atoms with Gasteiger partial charge in [0, 0.05) is 6.42 Å². The zero-order chi connectivity index (χ0) is 13.9. The number of hydrogen-bond donors (Lipinski definition) is 3. The van der Waals surface area contributed by atoms with Crippen molar-refractivity contribution in [1.82, 2.24) is 5.32 Å². The van der Waals surface area contributed by atoms with E-state index >= 15 is 0 Å². The first-order chi connectivity index (χ1) is 9.72. The van der Waals surface area contributed by atoms with Crippen LogP contribution in [0.2, 0.25) is 0 Å². The van der Waals surface area contributed by atoms with Crippen LogP contribution in [0.1, 0.15) is 22.3 Å². The fourth-order valence-corrected chi connectivity index (χ4v) is 2.79. The van der Waals surface area contributed by atoms with Gasteiger partial charge in [-0.15, -0.1) is 0 Å². The standard InChI is InChI=1S/C17H19NO2/c19-16-3-1-2-12(9-16)8-15-10-13-4-6-18-7-5-14(13)11-17(15)20/h1-3,9-11,18-20H,4-8H2. The number of hydrogen-bond acceptors (Lipinski definition) is 3. The third kappa shape index (κ3) is 2.78. The van der Waals surface area contributed by atoms with Crippen LogP contribution < -0.4 is 5.32 Å². The Morgan fingerprint density at radius 2 is 1.70 bits per heavy atom. The lowest BCUT2D eigenvalue weighted by molar-refractivity contribution is 0.467. The van der Waals surface area contributed by atoms with Crippen molar-refractivity contribution < 1.29 is 10.2 Å². The molecule has 1 aliphatic heterocycles. The zero-order valence-electron chi connectivity index (χ0n) is 11.4. The first-order valence-electron chi connectivity index (χ1n) is 7.04. The first kappa shape index (κ1) is 13.0. The highest BCUT2D eigenvalue weighted by molar-refractivity contribution is 5.45. The molecule has 0 fully saturated rings. The summed E-state index contributed by atoms with van der Waals surface area (Å²) >= 11 is 0. The number of aromatic hydroxyl groups is 2. The van der Waals surface area contributed by atoms with E-state index in [9.17, 15) is 10.2 Å². The molecule has 0 amide bonds. The van der Waals surface area contributed by atoms with Gasteiger partial charge in [0.25, 0.3) is 0 Å². The summed E-state index contributed by atoms with van der Waals surface area (Å²) in [6.45, 7) is 1.96. The molecule has 0 aliphatic carbocycles. The molecular weight excluding hydrogens is 250 g/mol. The van der Waals surface area contributed by atoms with Crippen molar-refractivity contribution >= 4 is 0 Å². The molecule has 3 heteroatoms. The third-order valence-electron chi connectivity index (χ3n) is 3.85. The Labute approximate surface area is 118 Å². The number of nitrogens with one attached hydrogen (secondary N) is 1. The maximum Gasteiger partial charge on any atom is 0.119 e. The van der Waals surface area contributed by atoms with Crippen molar-refractivity contribution in [3.05, 3.63) is 58.7 Å². The monoisotopic (exact) mass is 269 g/mol. The summed E-state index contributed by atoms with van der Waals surface area (Å²) in [6, 6.07) is 11.2. The number of benzene rings is 2. The van der Waals surface area contributed by atoms with E-state index in [-0.39, 0.29) is 5.75 Å². The fourth-order valence-electron chi connectivity index (χ4n) is 2.79. The van der Waals surface area contributed by atoms with Gasteiger partial charge in [0.1, 0.15) is 11.5 Å². The lowest BCUT2D eigenvalue weighted by atomic mass is 9.95. The second-order valence-electron chi connectivity index (χ2n) is 5.35. The molecule has 3 nitrogen and oxygen atoms in total. The maximum absolute atomic E-state index is 10.2. The summed E-state index contributed by atoms with van der Waals surface area (Å²) in [4.78, 5) is 0.